The van der Waals surface area contributed by atoms with Crippen molar-refractivity contribution in [1.82, 2.24) is 4.98 Å². The molecular formula is C24H14ClFN2O3S. The topological polar surface area (TPSA) is 70.5 Å². The summed E-state index contributed by atoms with van der Waals surface area (Å²) in [5, 5.41) is 11.7. The molecule has 1 fully saturated rings. The molecule has 0 bridgehead atoms. The molecule has 1 aliphatic rings. The number of rotatable bonds is 3. The van der Waals surface area contributed by atoms with E-state index in [1.165, 1.54) is 23.1 Å². The summed E-state index contributed by atoms with van der Waals surface area (Å²) in [6, 6.07) is 18.4. The van der Waals surface area contributed by atoms with Crippen molar-refractivity contribution in [2.24, 2.45) is 0 Å². The highest BCUT2D eigenvalue weighted by Crippen LogP contribution is 2.44. The fourth-order valence-electron chi connectivity index (χ4n) is 3.76. The first-order valence-corrected chi connectivity index (χ1v) is 10.8. The summed E-state index contributed by atoms with van der Waals surface area (Å²) >= 11 is 7.29. The number of fused-ring (bicyclic) bond motifs is 1. The molecule has 3 aromatic carbocycles. The number of benzene rings is 3. The van der Waals surface area contributed by atoms with Gasteiger partial charge in [-0.05, 0) is 35.9 Å². The Bertz CT molecular complexity index is 1420. The summed E-state index contributed by atoms with van der Waals surface area (Å²) in [6.07, 6.45) is 0. The van der Waals surface area contributed by atoms with Crippen molar-refractivity contribution >= 4 is 55.7 Å². The minimum Gasteiger partial charge on any atom is -0.507 e. The molecule has 5 nitrogen and oxygen atoms in total. The summed E-state index contributed by atoms with van der Waals surface area (Å²) < 4.78 is 14.2. The molecule has 1 N–H and O–H groups in total. The van der Waals surface area contributed by atoms with Crippen LogP contribution in [-0.4, -0.2) is 21.8 Å². The molecule has 1 atom stereocenters. The molecule has 1 aromatic heterocycles. The van der Waals surface area contributed by atoms with Crippen LogP contribution in [-0.2, 0) is 9.59 Å². The first-order chi connectivity index (χ1) is 15.4. The second-order valence-electron chi connectivity index (χ2n) is 7.20. The van der Waals surface area contributed by atoms with Crippen LogP contribution in [0.2, 0.25) is 5.02 Å². The fourth-order valence-corrected chi connectivity index (χ4v) is 4.98. The number of halogens is 2. The van der Waals surface area contributed by atoms with Crippen molar-refractivity contribution in [2.45, 2.75) is 6.04 Å². The molecule has 1 aliphatic heterocycles. The molecule has 158 valence electrons. The summed E-state index contributed by atoms with van der Waals surface area (Å²) in [4.78, 5) is 32.0. The van der Waals surface area contributed by atoms with Crippen LogP contribution in [0.4, 0.5) is 9.52 Å². The van der Waals surface area contributed by atoms with Gasteiger partial charge in [0.2, 0.25) is 0 Å². The minimum atomic E-state index is -0.945. The van der Waals surface area contributed by atoms with Gasteiger partial charge >= 0.3 is 5.91 Å². The number of aliphatic hydroxyl groups is 1. The first kappa shape index (κ1) is 20.4. The van der Waals surface area contributed by atoms with Crippen molar-refractivity contribution < 1.29 is 19.1 Å². The highest BCUT2D eigenvalue weighted by Gasteiger charge is 2.48. The molecule has 8 heteroatoms. The van der Waals surface area contributed by atoms with E-state index in [-0.39, 0.29) is 16.5 Å². The normalized spacial score (nSPS) is 17.9. The number of hydrogen-bond donors (Lipinski definition) is 1. The Morgan fingerprint density at radius 3 is 2.56 bits per heavy atom. The van der Waals surface area contributed by atoms with E-state index in [1.807, 2.05) is 0 Å². The molecular weight excluding hydrogens is 451 g/mol. The smallest absolute Gasteiger partial charge is 0.301 e. The van der Waals surface area contributed by atoms with Gasteiger partial charge in [-0.25, -0.2) is 9.37 Å². The van der Waals surface area contributed by atoms with Crippen LogP contribution >= 0.6 is 22.9 Å². The van der Waals surface area contributed by atoms with E-state index in [1.54, 1.807) is 54.6 Å². The SMILES string of the molecule is O=C1C(=O)N(c2nc3ccc(F)cc3s2)C(c2cccc(Cl)c2)/C1=C(\O)c1ccccc1. The lowest BCUT2D eigenvalue weighted by Crippen LogP contribution is -2.29. The average molecular weight is 465 g/mol. The minimum absolute atomic E-state index is 0.0612. The first-order valence-electron chi connectivity index (χ1n) is 9.62. The Balaban J connectivity index is 1.75. The zero-order valence-electron chi connectivity index (χ0n) is 16.3. The third-order valence-electron chi connectivity index (χ3n) is 5.20. The lowest BCUT2D eigenvalue weighted by molar-refractivity contribution is -0.132. The fraction of sp³-hybridized carbons (Fsp3) is 0.0417. The third kappa shape index (κ3) is 3.36. The van der Waals surface area contributed by atoms with E-state index < -0.39 is 23.5 Å². The van der Waals surface area contributed by atoms with Crippen molar-refractivity contribution in [1.29, 1.82) is 0 Å². The molecule has 0 saturated carbocycles. The van der Waals surface area contributed by atoms with Crippen LogP contribution in [0.15, 0.2) is 78.4 Å². The van der Waals surface area contributed by atoms with Crippen LogP contribution in [0.5, 0.6) is 0 Å². The van der Waals surface area contributed by atoms with Gasteiger partial charge < -0.3 is 5.11 Å². The van der Waals surface area contributed by atoms with Crippen molar-refractivity contribution in [3.8, 4) is 0 Å². The van der Waals surface area contributed by atoms with Crippen LogP contribution in [0.1, 0.15) is 17.2 Å². The number of amides is 1. The van der Waals surface area contributed by atoms with Gasteiger partial charge in [0, 0.05) is 10.6 Å². The Morgan fingerprint density at radius 2 is 1.81 bits per heavy atom. The second-order valence-corrected chi connectivity index (χ2v) is 8.64. The molecule has 5 rings (SSSR count). The van der Waals surface area contributed by atoms with Gasteiger partial charge in [-0.3, -0.25) is 14.5 Å². The summed E-state index contributed by atoms with van der Waals surface area (Å²) in [5.41, 5.74) is 1.39. The van der Waals surface area contributed by atoms with Crippen molar-refractivity contribution in [2.75, 3.05) is 4.90 Å². The predicted octanol–water partition coefficient (Wildman–Crippen LogP) is 5.72. The number of Topliss-reactive ketones (excluding diaryl/α,β-unsaturated/α-hetero) is 1. The van der Waals surface area contributed by atoms with Gasteiger partial charge in [0.1, 0.15) is 11.6 Å². The van der Waals surface area contributed by atoms with E-state index >= 15 is 0 Å². The molecule has 0 spiro atoms. The van der Waals surface area contributed by atoms with Gasteiger partial charge in [0.05, 0.1) is 21.8 Å². The zero-order chi connectivity index (χ0) is 22.4. The molecule has 32 heavy (non-hydrogen) atoms. The van der Waals surface area contributed by atoms with Gasteiger partial charge in [-0.1, -0.05) is 65.4 Å². The maximum Gasteiger partial charge on any atom is 0.301 e. The lowest BCUT2D eigenvalue weighted by Gasteiger charge is -2.23. The number of aliphatic hydroxyl groups excluding tert-OH is 1. The van der Waals surface area contributed by atoms with E-state index in [0.29, 0.717) is 26.4 Å². The largest absolute Gasteiger partial charge is 0.507 e. The number of aromatic nitrogens is 1. The molecule has 4 aromatic rings. The maximum atomic E-state index is 13.7. The average Bonchev–Trinajstić information content (AvgIpc) is 3.32. The number of anilines is 1. The summed E-state index contributed by atoms with van der Waals surface area (Å²) in [5.74, 6) is -2.37. The summed E-state index contributed by atoms with van der Waals surface area (Å²) in [7, 11) is 0. The quantitative estimate of drug-likeness (QED) is 0.239. The molecule has 1 amide bonds. The molecule has 1 unspecified atom stereocenters. The highest BCUT2D eigenvalue weighted by atomic mass is 35.5. The van der Waals surface area contributed by atoms with E-state index in [4.69, 9.17) is 11.6 Å². The number of carbonyl (C=O) groups is 2. The van der Waals surface area contributed by atoms with Crippen LogP contribution < -0.4 is 4.90 Å². The number of carbonyl (C=O) groups excluding carboxylic acids is 2. The van der Waals surface area contributed by atoms with E-state index in [0.717, 1.165) is 11.3 Å². The lowest BCUT2D eigenvalue weighted by atomic mass is 9.95. The number of hydrogen-bond acceptors (Lipinski definition) is 5. The highest BCUT2D eigenvalue weighted by molar-refractivity contribution is 7.22. The van der Waals surface area contributed by atoms with E-state index in [2.05, 4.69) is 4.98 Å². The number of nitrogens with zero attached hydrogens (tertiary/aromatic N) is 2. The second kappa shape index (κ2) is 7.85. The van der Waals surface area contributed by atoms with E-state index in [9.17, 15) is 19.1 Å². The zero-order valence-corrected chi connectivity index (χ0v) is 17.9. The monoisotopic (exact) mass is 464 g/mol. The summed E-state index contributed by atoms with van der Waals surface area (Å²) in [6.45, 7) is 0. The van der Waals surface area contributed by atoms with Crippen molar-refractivity contribution in [3.05, 3.63) is 100 Å². The van der Waals surface area contributed by atoms with Crippen LogP contribution in [0.3, 0.4) is 0 Å². The molecule has 0 radical (unpaired) electrons. The van der Waals surface area contributed by atoms with Crippen molar-refractivity contribution in [3.63, 3.8) is 0 Å². The number of ketones is 1. The van der Waals surface area contributed by atoms with Gasteiger partial charge in [0.25, 0.3) is 5.78 Å². The van der Waals surface area contributed by atoms with Gasteiger partial charge in [-0.15, -0.1) is 0 Å². The van der Waals surface area contributed by atoms with Crippen LogP contribution in [0.25, 0.3) is 16.0 Å². The predicted molar refractivity (Wildman–Crippen MR) is 122 cm³/mol. The Hall–Kier alpha value is -3.55. The van der Waals surface area contributed by atoms with Crippen LogP contribution in [0, 0.1) is 5.82 Å². The third-order valence-corrected chi connectivity index (χ3v) is 6.45. The Kier molecular flexibility index (Phi) is 5.00. The Morgan fingerprint density at radius 1 is 1.03 bits per heavy atom. The molecule has 2 heterocycles. The van der Waals surface area contributed by atoms with Gasteiger partial charge in [0.15, 0.2) is 5.13 Å². The standard InChI is InChI=1S/C24H14ClFN2O3S/c25-15-8-4-7-14(11-15)20-19(21(29)13-5-2-1-3-6-13)22(30)23(31)28(20)24-27-17-10-9-16(26)12-18(17)32-24/h1-12,20,29H/b21-19+. The molecule has 1 saturated heterocycles. The maximum absolute atomic E-state index is 13.7. The molecule has 0 aliphatic carbocycles. The number of thiazole rings is 1. The Labute approximate surface area is 191 Å². The van der Waals surface area contributed by atoms with Gasteiger partial charge in [-0.2, -0.15) is 0 Å².